The number of halogens is 1. The Morgan fingerprint density at radius 2 is 2.25 bits per heavy atom. The van der Waals surface area contributed by atoms with E-state index in [0.717, 1.165) is 12.7 Å². The first-order chi connectivity index (χ1) is 7.50. The van der Waals surface area contributed by atoms with Crippen molar-refractivity contribution >= 4 is 21.4 Å². The van der Waals surface area contributed by atoms with Gasteiger partial charge in [-0.3, -0.25) is 0 Å². The smallest absolute Gasteiger partial charge is 0.227 e. The second kappa shape index (κ2) is 5.65. The van der Waals surface area contributed by atoms with Crippen LogP contribution in [0, 0.1) is 0 Å². The van der Waals surface area contributed by atoms with Gasteiger partial charge in [0.05, 0.1) is 17.8 Å². The van der Waals surface area contributed by atoms with Crippen molar-refractivity contribution in [3.63, 3.8) is 0 Å². The zero-order chi connectivity index (χ0) is 12.2. The number of alkyl halides is 1. The Balaban J connectivity index is 2.97. The highest BCUT2D eigenvalue weighted by molar-refractivity contribution is 7.90. The fourth-order valence-corrected chi connectivity index (χ4v) is 2.47. The molecule has 0 N–H and O–H groups in total. The molecule has 0 bridgehead atoms. The Morgan fingerprint density at radius 3 is 2.75 bits per heavy atom. The lowest BCUT2D eigenvalue weighted by Crippen LogP contribution is -2.12. The standard InChI is InChI=1S/C9H15ClN2O3S/c1-15-5-3-4-12-8(6-10)7-11-9(12)16(2,13)14/h7H,3-6H2,1-2H3. The van der Waals surface area contributed by atoms with Gasteiger partial charge in [-0.15, -0.1) is 11.6 Å². The Morgan fingerprint density at radius 1 is 1.56 bits per heavy atom. The molecule has 0 aromatic carbocycles. The minimum Gasteiger partial charge on any atom is -0.385 e. The quantitative estimate of drug-likeness (QED) is 0.571. The molecule has 0 spiro atoms. The first kappa shape index (κ1) is 13.5. The fraction of sp³-hybridized carbons (Fsp3) is 0.667. The van der Waals surface area contributed by atoms with Gasteiger partial charge < -0.3 is 9.30 Å². The van der Waals surface area contributed by atoms with Gasteiger partial charge in [0.15, 0.2) is 0 Å². The third-order valence-electron chi connectivity index (χ3n) is 2.10. The summed E-state index contributed by atoms with van der Waals surface area (Å²) in [6.07, 6.45) is 3.36. The van der Waals surface area contributed by atoms with E-state index in [-0.39, 0.29) is 11.0 Å². The number of hydrogen-bond acceptors (Lipinski definition) is 4. The molecule has 0 radical (unpaired) electrons. The zero-order valence-electron chi connectivity index (χ0n) is 9.31. The van der Waals surface area contributed by atoms with Crippen molar-refractivity contribution in [3.05, 3.63) is 11.9 Å². The molecule has 0 aliphatic heterocycles. The lowest BCUT2D eigenvalue weighted by Gasteiger charge is -2.08. The van der Waals surface area contributed by atoms with Crippen molar-refractivity contribution in [1.29, 1.82) is 0 Å². The van der Waals surface area contributed by atoms with Crippen LogP contribution in [0.15, 0.2) is 11.4 Å². The molecular formula is C9H15ClN2O3S. The summed E-state index contributed by atoms with van der Waals surface area (Å²) in [5, 5.41) is 0.0688. The number of nitrogens with zero attached hydrogens (tertiary/aromatic N) is 2. The number of aromatic nitrogens is 2. The van der Waals surface area contributed by atoms with E-state index < -0.39 is 9.84 Å². The highest BCUT2D eigenvalue weighted by Gasteiger charge is 2.17. The lowest BCUT2D eigenvalue weighted by atomic mass is 10.4. The molecule has 0 saturated heterocycles. The van der Waals surface area contributed by atoms with Gasteiger partial charge in [-0.25, -0.2) is 13.4 Å². The van der Waals surface area contributed by atoms with E-state index in [9.17, 15) is 8.42 Å². The Hall–Kier alpha value is -0.590. The van der Waals surface area contributed by atoms with Crippen LogP contribution in [0.5, 0.6) is 0 Å². The van der Waals surface area contributed by atoms with Crippen LogP contribution >= 0.6 is 11.6 Å². The van der Waals surface area contributed by atoms with E-state index in [1.54, 1.807) is 11.7 Å². The van der Waals surface area contributed by atoms with Crippen molar-refractivity contribution in [2.45, 2.75) is 24.0 Å². The van der Waals surface area contributed by atoms with E-state index >= 15 is 0 Å². The Labute approximate surface area is 100 Å². The van der Waals surface area contributed by atoms with Gasteiger partial charge in [-0.2, -0.15) is 0 Å². The molecule has 5 nitrogen and oxygen atoms in total. The van der Waals surface area contributed by atoms with Gasteiger partial charge in [-0.05, 0) is 6.42 Å². The van der Waals surface area contributed by atoms with Crippen LogP contribution in [0.2, 0.25) is 0 Å². The second-order valence-electron chi connectivity index (χ2n) is 3.44. The molecule has 0 atom stereocenters. The van der Waals surface area contributed by atoms with Gasteiger partial charge in [0.1, 0.15) is 0 Å². The number of hydrogen-bond donors (Lipinski definition) is 0. The topological polar surface area (TPSA) is 61.2 Å². The maximum absolute atomic E-state index is 11.5. The predicted octanol–water partition coefficient (Wildman–Crippen LogP) is 1.06. The third-order valence-corrected chi connectivity index (χ3v) is 3.36. The fourth-order valence-electron chi connectivity index (χ4n) is 1.40. The molecule has 0 fully saturated rings. The Kier molecular flexibility index (Phi) is 4.76. The minimum atomic E-state index is -3.31. The number of imidazole rings is 1. The van der Waals surface area contributed by atoms with Crippen LogP contribution in [0.25, 0.3) is 0 Å². The molecule has 1 heterocycles. The molecule has 0 aliphatic rings. The molecule has 0 amide bonds. The number of methoxy groups -OCH3 is 1. The summed E-state index contributed by atoms with van der Waals surface area (Å²) in [6, 6.07) is 0. The van der Waals surface area contributed by atoms with Crippen molar-refractivity contribution in [1.82, 2.24) is 9.55 Å². The van der Waals surface area contributed by atoms with Crippen LogP contribution in [0.3, 0.4) is 0 Å². The molecule has 1 aromatic rings. The molecule has 1 aromatic heterocycles. The third kappa shape index (κ3) is 3.20. The second-order valence-corrected chi connectivity index (χ2v) is 5.61. The van der Waals surface area contributed by atoms with Crippen LogP contribution in [-0.4, -0.2) is 37.9 Å². The average molecular weight is 267 g/mol. The van der Waals surface area contributed by atoms with Gasteiger partial charge >= 0.3 is 0 Å². The zero-order valence-corrected chi connectivity index (χ0v) is 10.9. The van der Waals surface area contributed by atoms with Crippen molar-refractivity contribution in [2.75, 3.05) is 20.0 Å². The van der Waals surface area contributed by atoms with E-state index in [1.807, 2.05) is 0 Å². The van der Waals surface area contributed by atoms with Gasteiger partial charge in [0, 0.05) is 26.5 Å². The largest absolute Gasteiger partial charge is 0.385 e. The molecule has 1 rings (SSSR count). The predicted molar refractivity (Wildman–Crippen MR) is 61.4 cm³/mol. The Bertz CT molecular complexity index is 442. The maximum Gasteiger partial charge on any atom is 0.227 e. The highest BCUT2D eigenvalue weighted by Crippen LogP contribution is 2.14. The van der Waals surface area contributed by atoms with Gasteiger partial charge in [-0.1, -0.05) is 0 Å². The van der Waals surface area contributed by atoms with Crippen LogP contribution in [0.1, 0.15) is 12.1 Å². The monoisotopic (exact) mass is 266 g/mol. The molecule has 0 unspecified atom stereocenters. The van der Waals surface area contributed by atoms with E-state index in [2.05, 4.69) is 4.98 Å². The van der Waals surface area contributed by atoms with Gasteiger partial charge in [0.2, 0.25) is 15.0 Å². The molecule has 16 heavy (non-hydrogen) atoms. The summed E-state index contributed by atoms with van der Waals surface area (Å²) in [7, 11) is -1.70. The van der Waals surface area contributed by atoms with E-state index in [4.69, 9.17) is 16.3 Å². The van der Waals surface area contributed by atoms with Crippen molar-refractivity contribution in [3.8, 4) is 0 Å². The van der Waals surface area contributed by atoms with Crippen molar-refractivity contribution < 1.29 is 13.2 Å². The average Bonchev–Trinajstić information content (AvgIpc) is 2.60. The van der Waals surface area contributed by atoms with E-state index in [1.165, 1.54) is 6.20 Å². The molecule has 0 aliphatic carbocycles. The van der Waals surface area contributed by atoms with Crippen molar-refractivity contribution in [2.24, 2.45) is 0 Å². The SMILES string of the molecule is COCCCn1c(CCl)cnc1S(C)(=O)=O. The molecule has 0 saturated carbocycles. The molecular weight excluding hydrogens is 252 g/mol. The highest BCUT2D eigenvalue weighted by atomic mass is 35.5. The number of rotatable bonds is 6. The summed E-state index contributed by atoms with van der Waals surface area (Å²) < 4.78 is 29.5. The summed E-state index contributed by atoms with van der Waals surface area (Å²) in [5.41, 5.74) is 0.707. The number of sulfone groups is 1. The van der Waals surface area contributed by atoms with Crippen LogP contribution in [0.4, 0.5) is 0 Å². The van der Waals surface area contributed by atoms with E-state index in [0.29, 0.717) is 18.8 Å². The first-order valence-electron chi connectivity index (χ1n) is 4.80. The van der Waals surface area contributed by atoms with Gasteiger partial charge in [0.25, 0.3) is 0 Å². The summed E-state index contributed by atoms with van der Waals surface area (Å²) >= 11 is 5.72. The normalized spacial score (nSPS) is 11.9. The minimum absolute atomic E-state index is 0.0688. The molecule has 7 heteroatoms. The summed E-state index contributed by atoms with van der Waals surface area (Å²) in [5.74, 6) is 0.246. The van der Waals surface area contributed by atoms with Crippen LogP contribution < -0.4 is 0 Å². The maximum atomic E-state index is 11.5. The van der Waals surface area contributed by atoms with Crippen LogP contribution in [-0.2, 0) is 27.0 Å². The molecule has 92 valence electrons. The lowest BCUT2D eigenvalue weighted by molar-refractivity contribution is 0.189. The number of ether oxygens (including phenoxy) is 1. The summed E-state index contributed by atoms with van der Waals surface area (Å²) in [4.78, 5) is 3.89. The first-order valence-corrected chi connectivity index (χ1v) is 7.22. The summed E-state index contributed by atoms with van der Waals surface area (Å²) in [6.45, 7) is 1.11.